The van der Waals surface area contributed by atoms with Crippen LogP contribution < -0.4 is 5.32 Å². The number of amides is 1. The van der Waals surface area contributed by atoms with E-state index in [0.29, 0.717) is 11.7 Å². The molecule has 8 heteroatoms. The highest BCUT2D eigenvalue weighted by Gasteiger charge is 2.29. The normalized spacial score (nSPS) is 17.5. The van der Waals surface area contributed by atoms with E-state index in [-0.39, 0.29) is 11.8 Å². The number of hydrogen-bond donors (Lipinski definition) is 1. The van der Waals surface area contributed by atoms with Crippen molar-refractivity contribution in [1.82, 2.24) is 18.5 Å². The maximum Gasteiger partial charge on any atom is 0.227 e. The Labute approximate surface area is 157 Å². The van der Waals surface area contributed by atoms with E-state index >= 15 is 0 Å². The lowest BCUT2D eigenvalue weighted by atomic mass is 9.96. The second-order valence-electron chi connectivity index (χ2n) is 6.19. The van der Waals surface area contributed by atoms with Gasteiger partial charge in [-0.2, -0.15) is 8.75 Å². The summed E-state index contributed by atoms with van der Waals surface area (Å²) < 4.78 is 8.46. The van der Waals surface area contributed by atoms with Crippen LogP contribution in [0.5, 0.6) is 0 Å². The predicted octanol–water partition coefficient (Wildman–Crippen LogP) is 2.97. The number of anilines is 1. The predicted molar refractivity (Wildman–Crippen MR) is 106 cm³/mol. The molecule has 1 aliphatic heterocycles. The number of benzene rings is 1. The molecule has 2 heterocycles. The molecule has 1 atom stereocenters. The quantitative estimate of drug-likeness (QED) is 0.827. The van der Waals surface area contributed by atoms with Crippen molar-refractivity contribution < 1.29 is 4.79 Å². The van der Waals surface area contributed by atoms with Crippen LogP contribution in [0.25, 0.3) is 11.0 Å². The average molecular weight is 378 g/mol. The number of piperidine rings is 1. The van der Waals surface area contributed by atoms with Crippen molar-refractivity contribution in [3.8, 4) is 0 Å². The van der Waals surface area contributed by atoms with Gasteiger partial charge >= 0.3 is 0 Å². The summed E-state index contributed by atoms with van der Waals surface area (Å²) in [6, 6.07) is 5.85. The van der Waals surface area contributed by atoms with Crippen LogP contribution in [0, 0.1) is 5.92 Å². The second-order valence-corrected chi connectivity index (χ2v) is 7.11. The molecule has 0 unspecified atom stereocenters. The van der Waals surface area contributed by atoms with Gasteiger partial charge in [0.05, 0.1) is 17.6 Å². The van der Waals surface area contributed by atoms with Gasteiger partial charge in [-0.15, -0.1) is 0 Å². The molecule has 1 aliphatic rings. The van der Waals surface area contributed by atoms with Gasteiger partial charge in [-0.1, -0.05) is 0 Å². The van der Waals surface area contributed by atoms with Crippen LogP contribution in [-0.2, 0) is 4.79 Å². The smallest absolute Gasteiger partial charge is 0.227 e. The molecule has 0 radical (unpaired) electrons. The van der Waals surface area contributed by atoms with Crippen molar-refractivity contribution in [3.63, 3.8) is 0 Å². The first-order valence-corrected chi connectivity index (χ1v) is 9.83. The number of aromatic nitrogens is 2. The van der Waals surface area contributed by atoms with Gasteiger partial charge in [0.2, 0.25) is 5.91 Å². The molecule has 3 rings (SSSR count). The molecule has 25 heavy (non-hydrogen) atoms. The van der Waals surface area contributed by atoms with Gasteiger partial charge in [0, 0.05) is 31.9 Å². The fourth-order valence-electron chi connectivity index (χ4n) is 3.22. The van der Waals surface area contributed by atoms with Gasteiger partial charge < -0.3 is 15.1 Å². The molecule has 0 aliphatic carbocycles. The van der Waals surface area contributed by atoms with Crippen molar-refractivity contribution in [2.75, 3.05) is 31.5 Å². The van der Waals surface area contributed by atoms with Gasteiger partial charge in [0.15, 0.2) is 5.11 Å². The van der Waals surface area contributed by atoms with E-state index in [1.165, 1.54) is 11.7 Å². The van der Waals surface area contributed by atoms with Crippen molar-refractivity contribution in [1.29, 1.82) is 0 Å². The summed E-state index contributed by atoms with van der Waals surface area (Å²) in [6.07, 6.45) is 1.92. The zero-order valence-electron chi connectivity index (χ0n) is 14.6. The van der Waals surface area contributed by atoms with Crippen LogP contribution >= 0.6 is 23.9 Å². The van der Waals surface area contributed by atoms with E-state index in [9.17, 15) is 4.79 Å². The minimum Gasteiger partial charge on any atom is -0.348 e. The van der Waals surface area contributed by atoms with Crippen LogP contribution in [0.1, 0.15) is 26.7 Å². The number of thiocarbonyl (C=S) groups is 1. The van der Waals surface area contributed by atoms with Crippen LogP contribution in [0.2, 0.25) is 0 Å². The third-order valence-electron chi connectivity index (χ3n) is 4.64. The monoisotopic (exact) mass is 377 g/mol. The summed E-state index contributed by atoms with van der Waals surface area (Å²) in [4.78, 5) is 16.6. The lowest BCUT2D eigenvalue weighted by Gasteiger charge is -2.36. The summed E-state index contributed by atoms with van der Waals surface area (Å²) in [5.41, 5.74) is 2.66. The molecule has 1 fully saturated rings. The van der Waals surface area contributed by atoms with Crippen molar-refractivity contribution >= 4 is 51.7 Å². The average Bonchev–Trinajstić information content (AvgIpc) is 3.10. The molecular weight excluding hydrogens is 354 g/mol. The maximum atomic E-state index is 12.6. The van der Waals surface area contributed by atoms with Crippen molar-refractivity contribution in [2.45, 2.75) is 26.7 Å². The summed E-state index contributed by atoms with van der Waals surface area (Å²) in [5.74, 6) is 0.270. The van der Waals surface area contributed by atoms with Gasteiger partial charge in [-0.3, -0.25) is 4.79 Å². The molecule has 1 saturated heterocycles. The highest BCUT2D eigenvalue weighted by molar-refractivity contribution is 7.80. The van der Waals surface area contributed by atoms with E-state index in [1.54, 1.807) is 0 Å². The number of rotatable bonds is 4. The Balaban J connectivity index is 1.64. The Morgan fingerprint density at radius 2 is 2.12 bits per heavy atom. The highest BCUT2D eigenvalue weighted by Crippen LogP contribution is 2.21. The fourth-order valence-corrected chi connectivity index (χ4v) is 4.02. The van der Waals surface area contributed by atoms with E-state index < -0.39 is 0 Å². The van der Waals surface area contributed by atoms with Gasteiger partial charge in [-0.05, 0) is 57.1 Å². The molecule has 134 valence electrons. The molecule has 0 bridgehead atoms. The lowest BCUT2D eigenvalue weighted by molar-refractivity contribution is -0.136. The Morgan fingerprint density at radius 3 is 2.88 bits per heavy atom. The summed E-state index contributed by atoms with van der Waals surface area (Å²) in [6.45, 7) is 7.14. The van der Waals surface area contributed by atoms with E-state index in [0.717, 1.165) is 49.2 Å². The van der Waals surface area contributed by atoms with Crippen molar-refractivity contribution in [3.05, 3.63) is 18.2 Å². The van der Waals surface area contributed by atoms with Gasteiger partial charge in [0.25, 0.3) is 0 Å². The molecule has 2 aromatic rings. The van der Waals surface area contributed by atoms with Gasteiger partial charge in [0.1, 0.15) is 11.0 Å². The summed E-state index contributed by atoms with van der Waals surface area (Å²) in [5, 5.41) is 3.95. The molecule has 0 saturated carbocycles. The van der Waals surface area contributed by atoms with Gasteiger partial charge in [-0.25, -0.2) is 0 Å². The number of hydrogen-bond acceptors (Lipinski definition) is 5. The Kier molecular flexibility index (Phi) is 5.80. The van der Waals surface area contributed by atoms with Crippen LogP contribution in [-0.4, -0.2) is 55.7 Å². The van der Waals surface area contributed by atoms with Crippen LogP contribution in [0.15, 0.2) is 18.2 Å². The molecule has 1 N–H and O–H groups in total. The largest absolute Gasteiger partial charge is 0.348 e. The number of nitrogens with zero attached hydrogens (tertiary/aromatic N) is 4. The first-order chi connectivity index (χ1) is 12.1. The third kappa shape index (κ3) is 4.07. The number of likely N-dealkylation sites (tertiary alicyclic amines) is 1. The Bertz CT molecular complexity index is 758. The SMILES string of the molecule is CCN(CC)C(=O)[C@H]1CCCN(C(=S)Nc2ccc3nsnc3c2)C1. The molecule has 1 aromatic heterocycles. The second kappa shape index (κ2) is 8.05. The van der Waals surface area contributed by atoms with E-state index in [2.05, 4.69) is 19.0 Å². The number of carbonyl (C=O) groups excluding carboxylic acids is 1. The van der Waals surface area contributed by atoms with Crippen LogP contribution in [0.3, 0.4) is 0 Å². The van der Waals surface area contributed by atoms with E-state index in [1.807, 2.05) is 36.9 Å². The third-order valence-corrected chi connectivity index (χ3v) is 5.55. The number of nitrogens with one attached hydrogen (secondary N) is 1. The minimum atomic E-state index is 0.0265. The standard InChI is InChI=1S/C17H23N5OS2/c1-3-21(4-2)16(23)12-6-5-9-22(11-12)17(24)18-13-7-8-14-15(10-13)20-25-19-14/h7-8,10,12H,3-6,9,11H2,1-2H3,(H,18,24)/t12-/m0/s1. The molecular formula is C17H23N5OS2. The number of carbonyl (C=O) groups is 1. The zero-order chi connectivity index (χ0) is 17.8. The topological polar surface area (TPSA) is 61.4 Å². The minimum absolute atomic E-state index is 0.0265. The lowest BCUT2D eigenvalue weighted by Crippen LogP contribution is -2.47. The molecule has 0 spiro atoms. The fraction of sp³-hybridized carbons (Fsp3) is 0.529. The van der Waals surface area contributed by atoms with Crippen molar-refractivity contribution in [2.24, 2.45) is 5.92 Å². The summed E-state index contributed by atoms with van der Waals surface area (Å²) >= 11 is 6.78. The zero-order valence-corrected chi connectivity index (χ0v) is 16.2. The molecule has 6 nitrogen and oxygen atoms in total. The summed E-state index contributed by atoms with van der Waals surface area (Å²) in [7, 11) is 0. The first kappa shape index (κ1) is 18.0. The van der Waals surface area contributed by atoms with Crippen LogP contribution in [0.4, 0.5) is 5.69 Å². The molecule has 1 amide bonds. The Hall–Kier alpha value is -1.80. The highest BCUT2D eigenvalue weighted by atomic mass is 32.1. The number of fused-ring (bicyclic) bond motifs is 1. The Morgan fingerprint density at radius 1 is 1.36 bits per heavy atom. The maximum absolute atomic E-state index is 12.6. The first-order valence-electron chi connectivity index (χ1n) is 8.69. The molecule has 1 aromatic carbocycles. The van der Waals surface area contributed by atoms with E-state index in [4.69, 9.17) is 12.2 Å².